The molecule has 0 aliphatic rings. The van der Waals surface area contributed by atoms with Crippen molar-refractivity contribution in [3.63, 3.8) is 0 Å². The zero-order valence-corrected chi connectivity index (χ0v) is 18.4. The number of aromatic nitrogens is 1. The molecule has 7 nitrogen and oxygen atoms in total. The third-order valence-corrected chi connectivity index (χ3v) is 6.95. The number of ether oxygens (including phenoxy) is 1. The quantitative estimate of drug-likeness (QED) is 0.447. The fraction of sp³-hybridized carbons (Fsp3) is 0.200. The van der Waals surface area contributed by atoms with Crippen molar-refractivity contribution in [1.29, 1.82) is 0 Å². The van der Waals surface area contributed by atoms with Gasteiger partial charge in [0.05, 0.1) is 17.6 Å². The highest BCUT2D eigenvalue weighted by atomic mass is 79.9. The highest BCUT2D eigenvalue weighted by Crippen LogP contribution is 2.35. The zero-order chi connectivity index (χ0) is 21.3. The molecule has 0 unspecified atom stereocenters. The number of halogens is 1. The highest BCUT2D eigenvalue weighted by molar-refractivity contribution is 9.08. The van der Waals surface area contributed by atoms with E-state index < -0.39 is 21.7 Å². The smallest absolute Gasteiger partial charge is 0.338 e. The Bertz CT molecular complexity index is 1200. The minimum absolute atomic E-state index is 0.0237. The van der Waals surface area contributed by atoms with Gasteiger partial charge < -0.3 is 14.6 Å². The molecule has 152 valence electrons. The van der Waals surface area contributed by atoms with Crippen LogP contribution in [0.2, 0.25) is 0 Å². The molecular formula is C20H19BrN2O5S. The number of rotatable bonds is 5. The Balaban J connectivity index is 2.40. The summed E-state index contributed by atoms with van der Waals surface area (Å²) in [6.07, 6.45) is 0. The number of esters is 1. The molecule has 1 aromatic heterocycles. The van der Waals surface area contributed by atoms with E-state index in [2.05, 4.69) is 20.9 Å². The Labute approximate surface area is 176 Å². The van der Waals surface area contributed by atoms with Gasteiger partial charge in [-0.25, -0.2) is 13.2 Å². The summed E-state index contributed by atoms with van der Waals surface area (Å²) in [5.74, 6) is -1.21. The number of carbonyl (C=O) groups is 2. The van der Waals surface area contributed by atoms with Crippen LogP contribution in [0, 0.1) is 0 Å². The van der Waals surface area contributed by atoms with E-state index in [9.17, 15) is 18.0 Å². The lowest BCUT2D eigenvalue weighted by Gasteiger charge is -2.12. The van der Waals surface area contributed by atoms with Gasteiger partial charge in [-0.15, -0.1) is 0 Å². The summed E-state index contributed by atoms with van der Waals surface area (Å²) >= 11 is 3.33. The number of alkyl halides is 1. The molecule has 0 aliphatic heterocycles. The Hall–Kier alpha value is -2.65. The molecule has 3 aromatic rings. The Kier molecular flexibility index (Phi) is 5.81. The van der Waals surface area contributed by atoms with Crippen LogP contribution < -0.4 is 0 Å². The standard InChI is InChI=1S/C20H19BrN2O5S/c1-23(2)19(24)17-18(29(26,27)13-9-7-12(11-21)8-10-13)16-14(20(25)28-3)5-4-6-15(16)22-17/h4-10,22H,11H2,1-3H3. The van der Waals surface area contributed by atoms with Gasteiger partial charge in [-0.05, 0) is 29.8 Å². The number of methoxy groups -OCH3 is 1. The summed E-state index contributed by atoms with van der Waals surface area (Å²) in [4.78, 5) is 29.0. The van der Waals surface area contributed by atoms with Gasteiger partial charge in [0.2, 0.25) is 9.84 Å². The molecule has 0 atom stereocenters. The summed E-state index contributed by atoms with van der Waals surface area (Å²) in [5.41, 5.74) is 1.22. The van der Waals surface area contributed by atoms with Crippen LogP contribution in [0.5, 0.6) is 0 Å². The molecular weight excluding hydrogens is 460 g/mol. The third kappa shape index (κ3) is 3.67. The first-order valence-corrected chi connectivity index (χ1v) is 11.2. The number of hydrogen-bond acceptors (Lipinski definition) is 5. The van der Waals surface area contributed by atoms with Crippen LogP contribution in [0.1, 0.15) is 26.4 Å². The van der Waals surface area contributed by atoms with E-state index in [0.29, 0.717) is 10.8 Å². The van der Waals surface area contributed by atoms with Gasteiger partial charge in [0.1, 0.15) is 10.6 Å². The molecule has 0 fully saturated rings. The number of fused-ring (bicyclic) bond motifs is 1. The van der Waals surface area contributed by atoms with Gasteiger partial charge >= 0.3 is 5.97 Å². The molecule has 3 rings (SSSR count). The topological polar surface area (TPSA) is 96.5 Å². The minimum atomic E-state index is -4.12. The van der Waals surface area contributed by atoms with Crippen molar-refractivity contribution in [2.75, 3.05) is 21.2 Å². The normalized spacial score (nSPS) is 11.4. The van der Waals surface area contributed by atoms with E-state index in [1.54, 1.807) is 24.3 Å². The molecule has 1 amide bonds. The van der Waals surface area contributed by atoms with Crippen LogP contribution in [-0.2, 0) is 19.9 Å². The van der Waals surface area contributed by atoms with Gasteiger partial charge in [0.25, 0.3) is 5.91 Å². The average molecular weight is 479 g/mol. The van der Waals surface area contributed by atoms with E-state index in [1.807, 2.05) is 0 Å². The van der Waals surface area contributed by atoms with Crippen molar-refractivity contribution in [1.82, 2.24) is 9.88 Å². The minimum Gasteiger partial charge on any atom is -0.465 e. The molecule has 0 spiro atoms. The number of carbonyl (C=O) groups excluding carboxylic acids is 2. The van der Waals surface area contributed by atoms with Gasteiger partial charge in [-0.3, -0.25) is 4.79 Å². The lowest BCUT2D eigenvalue weighted by Crippen LogP contribution is -2.24. The van der Waals surface area contributed by atoms with Crippen LogP contribution >= 0.6 is 15.9 Å². The lowest BCUT2D eigenvalue weighted by atomic mass is 10.1. The average Bonchev–Trinajstić information content (AvgIpc) is 3.12. The second-order valence-electron chi connectivity index (χ2n) is 6.53. The molecule has 0 saturated heterocycles. The molecule has 0 aliphatic carbocycles. The maximum Gasteiger partial charge on any atom is 0.338 e. The van der Waals surface area contributed by atoms with E-state index in [0.717, 1.165) is 5.56 Å². The monoisotopic (exact) mass is 478 g/mol. The molecule has 1 heterocycles. The summed E-state index contributed by atoms with van der Waals surface area (Å²) < 4.78 is 31.9. The van der Waals surface area contributed by atoms with Crippen LogP contribution in [0.15, 0.2) is 52.3 Å². The van der Waals surface area contributed by atoms with Crippen LogP contribution in [0.3, 0.4) is 0 Å². The summed E-state index contributed by atoms with van der Waals surface area (Å²) in [6, 6.07) is 11.0. The molecule has 9 heteroatoms. The third-order valence-electron chi connectivity index (χ3n) is 4.46. The second kappa shape index (κ2) is 8.00. The molecule has 29 heavy (non-hydrogen) atoms. The Morgan fingerprint density at radius 2 is 1.76 bits per heavy atom. The highest BCUT2D eigenvalue weighted by Gasteiger charge is 2.32. The van der Waals surface area contributed by atoms with Crippen LogP contribution in [0.25, 0.3) is 10.9 Å². The first kappa shape index (κ1) is 21.1. The van der Waals surface area contributed by atoms with Crippen LogP contribution in [0.4, 0.5) is 0 Å². The number of sulfone groups is 1. The molecule has 0 bridgehead atoms. The number of nitrogens with zero attached hydrogens (tertiary/aromatic N) is 1. The van der Waals surface area contributed by atoms with Crippen molar-refractivity contribution in [3.05, 3.63) is 59.3 Å². The number of aromatic amines is 1. The summed E-state index contributed by atoms with van der Waals surface area (Å²) in [6.45, 7) is 0. The molecule has 0 saturated carbocycles. The van der Waals surface area contributed by atoms with Crippen molar-refractivity contribution in [3.8, 4) is 0 Å². The Morgan fingerprint density at radius 3 is 2.31 bits per heavy atom. The molecule has 1 N–H and O–H groups in total. The van der Waals surface area contributed by atoms with Gasteiger partial charge in [0.15, 0.2) is 0 Å². The summed E-state index contributed by atoms with van der Waals surface area (Å²) in [7, 11) is 0.141. The number of nitrogens with one attached hydrogen (secondary N) is 1. The number of hydrogen-bond donors (Lipinski definition) is 1. The largest absolute Gasteiger partial charge is 0.465 e. The first-order chi connectivity index (χ1) is 13.7. The lowest BCUT2D eigenvalue weighted by molar-refractivity contribution is 0.0602. The maximum atomic E-state index is 13.6. The van der Waals surface area contributed by atoms with E-state index in [1.165, 1.54) is 44.3 Å². The Morgan fingerprint density at radius 1 is 1.10 bits per heavy atom. The number of benzene rings is 2. The van der Waals surface area contributed by atoms with Crippen molar-refractivity contribution in [2.45, 2.75) is 15.1 Å². The molecule has 2 aromatic carbocycles. The van der Waals surface area contributed by atoms with Crippen molar-refractivity contribution < 1.29 is 22.7 Å². The van der Waals surface area contributed by atoms with Gasteiger partial charge in [-0.1, -0.05) is 34.1 Å². The van der Waals surface area contributed by atoms with E-state index >= 15 is 0 Å². The fourth-order valence-corrected chi connectivity index (χ4v) is 5.02. The predicted octanol–water partition coefficient (Wildman–Crippen LogP) is 3.38. The number of H-pyrrole nitrogens is 1. The molecule has 0 radical (unpaired) electrons. The first-order valence-electron chi connectivity index (χ1n) is 8.57. The van der Waals surface area contributed by atoms with E-state index in [-0.39, 0.29) is 26.4 Å². The number of amides is 1. The zero-order valence-electron chi connectivity index (χ0n) is 16.0. The van der Waals surface area contributed by atoms with E-state index in [4.69, 9.17) is 4.74 Å². The van der Waals surface area contributed by atoms with Crippen molar-refractivity contribution >= 4 is 48.5 Å². The van der Waals surface area contributed by atoms with Gasteiger partial charge in [0, 0.05) is 30.3 Å². The van der Waals surface area contributed by atoms with Crippen LogP contribution in [-0.4, -0.2) is 51.4 Å². The predicted molar refractivity (Wildman–Crippen MR) is 112 cm³/mol. The maximum absolute atomic E-state index is 13.6. The fourth-order valence-electron chi connectivity index (χ4n) is 3.02. The second-order valence-corrected chi connectivity index (χ2v) is 8.98. The van der Waals surface area contributed by atoms with Crippen molar-refractivity contribution in [2.24, 2.45) is 0 Å². The van der Waals surface area contributed by atoms with Gasteiger partial charge in [-0.2, -0.15) is 0 Å². The SMILES string of the molecule is COC(=O)c1cccc2[nH]c(C(=O)N(C)C)c(S(=O)(=O)c3ccc(CBr)cc3)c12. The summed E-state index contributed by atoms with van der Waals surface area (Å²) in [5, 5.41) is 0.714.